The van der Waals surface area contributed by atoms with Crippen LogP contribution >= 0.6 is 0 Å². The molecule has 1 aromatic heterocycles. The summed E-state index contributed by atoms with van der Waals surface area (Å²) in [5, 5.41) is 10.8. The summed E-state index contributed by atoms with van der Waals surface area (Å²) in [5.41, 5.74) is 5.10. The van der Waals surface area contributed by atoms with Gasteiger partial charge in [-0.2, -0.15) is 0 Å². The van der Waals surface area contributed by atoms with Crippen molar-refractivity contribution in [2.75, 3.05) is 7.11 Å². The van der Waals surface area contributed by atoms with E-state index >= 15 is 0 Å². The summed E-state index contributed by atoms with van der Waals surface area (Å²) in [4.78, 5) is 11.6. The third kappa shape index (κ3) is 2.68. The molecule has 2 aromatic carbocycles. The molecular weight excluding hydrogens is 314 g/mol. The monoisotopic (exact) mass is 335 g/mol. The van der Waals surface area contributed by atoms with Gasteiger partial charge in [0.1, 0.15) is 5.75 Å². The molecule has 0 atom stereocenters. The van der Waals surface area contributed by atoms with E-state index in [4.69, 9.17) is 4.74 Å². The van der Waals surface area contributed by atoms with Gasteiger partial charge in [0.05, 0.1) is 18.2 Å². The Balaban J connectivity index is 1.90. The molecule has 0 saturated heterocycles. The van der Waals surface area contributed by atoms with Crippen LogP contribution in [0, 0.1) is 0 Å². The first kappa shape index (κ1) is 15.8. The smallest absolute Gasteiger partial charge is 0.336 e. The second-order valence-corrected chi connectivity index (χ2v) is 6.56. The van der Waals surface area contributed by atoms with Gasteiger partial charge in [0.15, 0.2) is 0 Å². The number of ether oxygens (including phenoxy) is 1. The number of fused-ring (bicyclic) bond motifs is 3. The van der Waals surface area contributed by atoms with Crippen LogP contribution in [-0.2, 0) is 19.4 Å². The van der Waals surface area contributed by atoms with E-state index < -0.39 is 5.97 Å². The minimum Gasteiger partial charge on any atom is -0.497 e. The molecule has 1 heterocycles. The van der Waals surface area contributed by atoms with Crippen LogP contribution in [0.15, 0.2) is 42.5 Å². The molecule has 1 aliphatic rings. The number of rotatable bonds is 4. The number of carboxylic acid groups (broad SMARTS) is 1. The van der Waals surface area contributed by atoms with E-state index in [0.717, 1.165) is 29.7 Å². The largest absolute Gasteiger partial charge is 0.497 e. The molecule has 0 bridgehead atoms. The molecule has 0 saturated carbocycles. The number of benzene rings is 2. The highest BCUT2D eigenvalue weighted by molar-refractivity contribution is 5.90. The van der Waals surface area contributed by atoms with Gasteiger partial charge >= 0.3 is 5.97 Å². The van der Waals surface area contributed by atoms with Gasteiger partial charge in [-0.3, -0.25) is 0 Å². The molecule has 4 nitrogen and oxygen atoms in total. The fourth-order valence-corrected chi connectivity index (χ4v) is 3.96. The molecule has 1 N–H and O–H groups in total. The minimum atomic E-state index is -0.876. The lowest BCUT2D eigenvalue weighted by Crippen LogP contribution is -2.12. The summed E-state index contributed by atoms with van der Waals surface area (Å²) in [6.45, 7) is 0.571. The average molecular weight is 335 g/mol. The SMILES string of the molecule is COc1ccc2c3c(n(Cc4ccccc4C(=O)O)c2c1)CCCC3. The van der Waals surface area contributed by atoms with Gasteiger partial charge in [-0.25, -0.2) is 4.79 Å². The molecule has 0 amide bonds. The van der Waals surface area contributed by atoms with Crippen LogP contribution < -0.4 is 4.74 Å². The summed E-state index contributed by atoms with van der Waals surface area (Å²) in [6.07, 6.45) is 4.53. The zero-order chi connectivity index (χ0) is 17.4. The molecule has 1 aliphatic carbocycles. The zero-order valence-electron chi connectivity index (χ0n) is 14.3. The topological polar surface area (TPSA) is 51.5 Å². The Hall–Kier alpha value is -2.75. The summed E-state index contributed by atoms with van der Waals surface area (Å²) in [6, 6.07) is 13.5. The first-order chi connectivity index (χ1) is 12.2. The first-order valence-electron chi connectivity index (χ1n) is 8.68. The fourth-order valence-electron chi connectivity index (χ4n) is 3.96. The van der Waals surface area contributed by atoms with Crippen molar-refractivity contribution in [1.29, 1.82) is 0 Å². The number of aromatic carboxylic acids is 1. The van der Waals surface area contributed by atoms with Crippen LogP contribution in [0.3, 0.4) is 0 Å². The van der Waals surface area contributed by atoms with E-state index in [1.54, 1.807) is 19.2 Å². The molecule has 3 aromatic rings. The summed E-state index contributed by atoms with van der Waals surface area (Å²) >= 11 is 0. The van der Waals surface area contributed by atoms with Crippen molar-refractivity contribution in [2.24, 2.45) is 0 Å². The van der Waals surface area contributed by atoms with Gasteiger partial charge in [-0.15, -0.1) is 0 Å². The highest BCUT2D eigenvalue weighted by atomic mass is 16.5. The minimum absolute atomic E-state index is 0.372. The number of carboxylic acids is 1. The molecule has 0 aliphatic heterocycles. The van der Waals surface area contributed by atoms with E-state index in [2.05, 4.69) is 16.7 Å². The van der Waals surface area contributed by atoms with Crippen molar-refractivity contribution in [3.8, 4) is 5.75 Å². The number of aryl methyl sites for hydroxylation is 1. The summed E-state index contributed by atoms with van der Waals surface area (Å²) in [5.74, 6) is -0.0476. The lowest BCUT2D eigenvalue weighted by Gasteiger charge is -2.17. The number of hydrogen-bond acceptors (Lipinski definition) is 2. The standard InChI is InChI=1S/C21H21NO3/c1-25-15-10-11-18-17-8-4-5-9-19(17)22(20(18)12-15)13-14-6-2-3-7-16(14)21(23)24/h2-3,6-7,10-12H,4-5,8-9,13H2,1H3,(H,23,24). The third-order valence-electron chi connectivity index (χ3n) is 5.16. The van der Waals surface area contributed by atoms with Crippen molar-refractivity contribution >= 4 is 16.9 Å². The van der Waals surface area contributed by atoms with Crippen molar-refractivity contribution < 1.29 is 14.6 Å². The molecule has 0 radical (unpaired) electrons. The normalized spacial score (nSPS) is 13.6. The maximum atomic E-state index is 11.6. The van der Waals surface area contributed by atoms with Gasteiger partial charge in [-0.05, 0) is 55.0 Å². The van der Waals surface area contributed by atoms with Gasteiger partial charge in [0.2, 0.25) is 0 Å². The summed E-state index contributed by atoms with van der Waals surface area (Å²) in [7, 11) is 1.67. The van der Waals surface area contributed by atoms with Crippen LogP contribution in [0.25, 0.3) is 10.9 Å². The van der Waals surface area contributed by atoms with Gasteiger partial charge in [-0.1, -0.05) is 18.2 Å². The third-order valence-corrected chi connectivity index (χ3v) is 5.16. The van der Waals surface area contributed by atoms with Crippen LogP contribution in [0.5, 0.6) is 5.75 Å². The van der Waals surface area contributed by atoms with Crippen LogP contribution in [0.1, 0.15) is 40.0 Å². The van der Waals surface area contributed by atoms with Crippen LogP contribution in [0.2, 0.25) is 0 Å². The molecule has 4 heteroatoms. The number of aromatic nitrogens is 1. The van der Waals surface area contributed by atoms with Crippen molar-refractivity contribution in [1.82, 2.24) is 4.57 Å². The molecule has 0 unspecified atom stereocenters. The highest BCUT2D eigenvalue weighted by Crippen LogP contribution is 2.34. The van der Waals surface area contributed by atoms with Crippen molar-refractivity contribution in [3.05, 3.63) is 64.8 Å². The van der Waals surface area contributed by atoms with E-state index in [1.807, 2.05) is 18.2 Å². The maximum Gasteiger partial charge on any atom is 0.336 e. The number of nitrogens with zero attached hydrogens (tertiary/aromatic N) is 1. The molecule has 0 fully saturated rings. The van der Waals surface area contributed by atoms with Gasteiger partial charge < -0.3 is 14.4 Å². The number of carbonyl (C=O) groups is 1. The maximum absolute atomic E-state index is 11.6. The Morgan fingerprint density at radius 1 is 1.16 bits per heavy atom. The molecule has 128 valence electrons. The lowest BCUT2D eigenvalue weighted by molar-refractivity contribution is 0.0695. The van der Waals surface area contributed by atoms with E-state index in [-0.39, 0.29) is 0 Å². The Morgan fingerprint density at radius 2 is 1.96 bits per heavy atom. The fraction of sp³-hybridized carbons (Fsp3) is 0.286. The lowest BCUT2D eigenvalue weighted by atomic mass is 9.95. The Bertz CT molecular complexity index is 955. The quantitative estimate of drug-likeness (QED) is 0.774. The van der Waals surface area contributed by atoms with Crippen LogP contribution in [-0.4, -0.2) is 22.8 Å². The second-order valence-electron chi connectivity index (χ2n) is 6.56. The Kier molecular flexibility index (Phi) is 3.96. The molecule has 0 spiro atoms. The first-order valence-corrected chi connectivity index (χ1v) is 8.68. The Labute approximate surface area is 146 Å². The molecule has 25 heavy (non-hydrogen) atoms. The van der Waals surface area contributed by atoms with E-state index in [0.29, 0.717) is 12.1 Å². The van der Waals surface area contributed by atoms with Gasteiger partial charge in [0, 0.05) is 23.7 Å². The molecular formula is C21H21NO3. The average Bonchev–Trinajstić information content (AvgIpc) is 2.95. The highest BCUT2D eigenvalue weighted by Gasteiger charge is 2.21. The van der Waals surface area contributed by atoms with E-state index in [9.17, 15) is 9.90 Å². The predicted octanol–water partition coefficient (Wildman–Crippen LogP) is 4.28. The molecule has 4 rings (SSSR count). The van der Waals surface area contributed by atoms with Gasteiger partial charge in [0.25, 0.3) is 0 Å². The van der Waals surface area contributed by atoms with E-state index in [1.165, 1.54) is 29.5 Å². The van der Waals surface area contributed by atoms with Crippen molar-refractivity contribution in [2.45, 2.75) is 32.2 Å². The Morgan fingerprint density at radius 3 is 2.76 bits per heavy atom. The number of methoxy groups -OCH3 is 1. The van der Waals surface area contributed by atoms with Crippen LogP contribution in [0.4, 0.5) is 0 Å². The number of hydrogen-bond donors (Lipinski definition) is 1. The second kappa shape index (κ2) is 6.28. The van der Waals surface area contributed by atoms with Crippen molar-refractivity contribution in [3.63, 3.8) is 0 Å². The summed E-state index contributed by atoms with van der Waals surface area (Å²) < 4.78 is 7.70. The predicted molar refractivity (Wildman–Crippen MR) is 97.6 cm³/mol. The zero-order valence-corrected chi connectivity index (χ0v) is 14.3.